The summed E-state index contributed by atoms with van der Waals surface area (Å²) in [7, 11) is 0. The Bertz CT molecular complexity index is 83.2. The summed E-state index contributed by atoms with van der Waals surface area (Å²) in [6.07, 6.45) is 6.54. The molecule has 0 aromatic rings. The summed E-state index contributed by atoms with van der Waals surface area (Å²) in [6.45, 7) is 2.93. The molecule has 1 N–H and O–H groups in total. The molecule has 0 rings (SSSR count). The summed E-state index contributed by atoms with van der Waals surface area (Å²) in [5.74, 6) is -1.19. The van der Waals surface area contributed by atoms with Crippen molar-refractivity contribution >= 4 is 0 Å². The summed E-state index contributed by atoms with van der Waals surface area (Å²) in [4.78, 5) is 0. The summed E-state index contributed by atoms with van der Waals surface area (Å²) in [5.41, 5.74) is 0. The molecule has 0 amide bonds. The first-order valence-corrected chi connectivity index (χ1v) is 1.92. The Hall–Kier alpha value is -0.680. The van der Waals surface area contributed by atoms with Crippen molar-refractivity contribution in [1.29, 1.82) is 0 Å². The predicted octanol–water partition coefficient (Wildman–Crippen LogP) is 0.322. The van der Waals surface area contributed by atoms with Crippen LogP contribution in [-0.2, 0) is 4.74 Å². The van der Waals surface area contributed by atoms with Gasteiger partial charge in [0.15, 0.2) is 0 Å². The molecule has 0 unspecified atom stereocenters. The van der Waals surface area contributed by atoms with E-state index in [1.807, 2.05) is 6.11 Å². The van der Waals surface area contributed by atoms with Crippen molar-refractivity contribution in [2.24, 2.45) is 0 Å². The largest absolute Gasteiger partial charge is 0.413 e. The van der Waals surface area contributed by atoms with E-state index in [2.05, 4.69) is 11.2 Å². The quantitative estimate of drug-likeness (QED) is 0.380. The van der Waals surface area contributed by atoms with Crippen LogP contribution < -0.4 is 0 Å². The van der Waals surface area contributed by atoms with Crippen molar-refractivity contribution in [2.75, 3.05) is 0 Å². The summed E-state index contributed by atoms with van der Waals surface area (Å²) in [5, 5.41) is 8.65. The van der Waals surface area contributed by atoms with Gasteiger partial charge < -0.3 is 9.84 Å². The normalized spacial score (nSPS) is 10.0. The van der Waals surface area contributed by atoms with Gasteiger partial charge in [0.05, 0.1) is 0 Å². The molecule has 7 heavy (non-hydrogen) atoms. The maximum atomic E-state index is 8.65. The molecular formula is C5H8O2. The van der Waals surface area contributed by atoms with Gasteiger partial charge >= 0.3 is 0 Å². The lowest BCUT2D eigenvalue weighted by Gasteiger charge is -2.12. The molecule has 0 heterocycles. The first-order valence-electron chi connectivity index (χ1n) is 1.92. The molecule has 2 heteroatoms. The van der Waals surface area contributed by atoms with E-state index in [4.69, 9.17) is 5.11 Å². The minimum Gasteiger partial charge on any atom is -0.413 e. The van der Waals surface area contributed by atoms with Crippen molar-refractivity contribution in [1.82, 2.24) is 0 Å². The maximum absolute atomic E-state index is 8.65. The first kappa shape index (κ1) is 6.32. The summed E-state index contributed by atoms with van der Waals surface area (Å²) in [6, 6.07) is 0. The van der Waals surface area contributed by atoms with Gasteiger partial charge in [-0.05, 0) is 0 Å². The van der Waals surface area contributed by atoms with E-state index in [1.165, 1.54) is 13.8 Å². The Kier molecular flexibility index (Phi) is 1.67. The summed E-state index contributed by atoms with van der Waals surface area (Å²) < 4.78 is 4.31. The zero-order valence-corrected chi connectivity index (χ0v) is 4.43. The monoisotopic (exact) mass is 100 g/mol. The molecule has 0 aromatic heterocycles. The van der Waals surface area contributed by atoms with Crippen molar-refractivity contribution in [3.63, 3.8) is 0 Å². The lowest BCUT2D eigenvalue weighted by atomic mass is 10.4. The van der Waals surface area contributed by atoms with Gasteiger partial charge in [0.1, 0.15) is 6.11 Å². The van der Waals surface area contributed by atoms with Crippen molar-refractivity contribution in [3.8, 4) is 12.5 Å². The maximum Gasteiger partial charge on any atom is 0.212 e. The molecule has 0 aliphatic heterocycles. The molecule has 0 saturated carbocycles. The van der Waals surface area contributed by atoms with Crippen LogP contribution in [0, 0.1) is 12.5 Å². The second kappa shape index (κ2) is 1.85. The zero-order chi connectivity index (χ0) is 5.91. The standard InChI is InChI=1S/C5H8O2/c1-4-7-5(2,3)6/h1,6H,2-3H3. The van der Waals surface area contributed by atoms with Crippen LogP contribution in [0.25, 0.3) is 0 Å². The van der Waals surface area contributed by atoms with Crippen LogP contribution in [0.15, 0.2) is 0 Å². The van der Waals surface area contributed by atoms with Gasteiger partial charge in [-0.3, -0.25) is 0 Å². The lowest BCUT2D eigenvalue weighted by molar-refractivity contribution is -0.125. The van der Waals surface area contributed by atoms with Crippen molar-refractivity contribution in [3.05, 3.63) is 0 Å². The smallest absolute Gasteiger partial charge is 0.212 e. The van der Waals surface area contributed by atoms with Crippen LogP contribution in [0.4, 0.5) is 0 Å². The molecule has 0 radical (unpaired) electrons. The van der Waals surface area contributed by atoms with Crippen LogP contribution in [0.5, 0.6) is 0 Å². The van der Waals surface area contributed by atoms with E-state index in [0.717, 1.165) is 0 Å². The van der Waals surface area contributed by atoms with Crippen LogP contribution in [0.2, 0.25) is 0 Å². The fraction of sp³-hybridized carbons (Fsp3) is 0.600. The third kappa shape index (κ3) is 5.32. The predicted molar refractivity (Wildman–Crippen MR) is 26.2 cm³/mol. The van der Waals surface area contributed by atoms with Gasteiger partial charge in [-0.2, -0.15) is 0 Å². The number of ether oxygens (including phenoxy) is 1. The highest BCUT2D eigenvalue weighted by Crippen LogP contribution is 1.99. The van der Waals surface area contributed by atoms with E-state index in [-0.39, 0.29) is 0 Å². The zero-order valence-electron chi connectivity index (χ0n) is 4.43. The molecule has 0 aliphatic rings. The Morgan fingerprint density at radius 1 is 1.71 bits per heavy atom. The third-order valence-electron chi connectivity index (χ3n) is 0.309. The van der Waals surface area contributed by atoms with Gasteiger partial charge in [0, 0.05) is 13.8 Å². The minimum atomic E-state index is -1.19. The molecule has 0 fully saturated rings. The van der Waals surface area contributed by atoms with E-state index in [9.17, 15) is 0 Å². The minimum absolute atomic E-state index is 1.19. The van der Waals surface area contributed by atoms with E-state index in [1.54, 1.807) is 0 Å². The molecule has 0 spiro atoms. The lowest BCUT2D eigenvalue weighted by Crippen LogP contribution is -2.19. The number of hydrogen-bond donors (Lipinski definition) is 1. The molecule has 0 aliphatic carbocycles. The SMILES string of the molecule is C#COC(C)(C)O. The first-order chi connectivity index (χ1) is 3.06. The van der Waals surface area contributed by atoms with E-state index >= 15 is 0 Å². The third-order valence-corrected chi connectivity index (χ3v) is 0.309. The highest BCUT2D eigenvalue weighted by atomic mass is 16.6. The Morgan fingerprint density at radius 3 is 2.14 bits per heavy atom. The fourth-order valence-corrected chi connectivity index (χ4v) is 0.144. The van der Waals surface area contributed by atoms with Crippen molar-refractivity contribution < 1.29 is 9.84 Å². The van der Waals surface area contributed by atoms with Crippen LogP contribution >= 0.6 is 0 Å². The highest BCUT2D eigenvalue weighted by Gasteiger charge is 2.09. The topological polar surface area (TPSA) is 29.5 Å². The fourth-order valence-electron chi connectivity index (χ4n) is 0.144. The molecule has 0 atom stereocenters. The van der Waals surface area contributed by atoms with Crippen LogP contribution in [0.1, 0.15) is 13.8 Å². The van der Waals surface area contributed by atoms with Gasteiger partial charge in [-0.25, -0.2) is 0 Å². The average molecular weight is 100 g/mol. The van der Waals surface area contributed by atoms with Gasteiger partial charge in [-0.1, -0.05) is 6.42 Å². The molecule has 0 aromatic carbocycles. The van der Waals surface area contributed by atoms with E-state index < -0.39 is 5.79 Å². The number of terminal acetylenes is 1. The number of aliphatic hydroxyl groups is 1. The second-order valence-corrected chi connectivity index (χ2v) is 1.67. The number of hydrogen-bond acceptors (Lipinski definition) is 2. The second-order valence-electron chi connectivity index (χ2n) is 1.67. The molecule has 0 bridgehead atoms. The van der Waals surface area contributed by atoms with Crippen LogP contribution in [0.3, 0.4) is 0 Å². The molecule has 0 saturated heterocycles. The Morgan fingerprint density at radius 2 is 2.14 bits per heavy atom. The van der Waals surface area contributed by atoms with Gasteiger partial charge in [0.2, 0.25) is 5.79 Å². The molecule has 40 valence electrons. The Labute approximate surface area is 43.1 Å². The summed E-state index contributed by atoms with van der Waals surface area (Å²) >= 11 is 0. The van der Waals surface area contributed by atoms with Crippen molar-refractivity contribution in [2.45, 2.75) is 19.6 Å². The van der Waals surface area contributed by atoms with E-state index in [0.29, 0.717) is 0 Å². The van der Waals surface area contributed by atoms with Gasteiger partial charge in [0.25, 0.3) is 0 Å². The van der Waals surface area contributed by atoms with Crippen LogP contribution in [-0.4, -0.2) is 10.9 Å². The van der Waals surface area contributed by atoms with Gasteiger partial charge in [-0.15, -0.1) is 0 Å². The number of rotatable bonds is 1. The molecular weight excluding hydrogens is 92.1 g/mol. The Balaban J connectivity index is 3.40. The average Bonchev–Trinajstić information content (AvgIpc) is 1.30. The molecule has 2 nitrogen and oxygen atoms in total. The highest BCUT2D eigenvalue weighted by molar-refractivity contribution is 4.71.